The van der Waals surface area contributed by atoms with Gasteiger partial charge in [-0.1, -0.05) is 36.4 Å². The van der Waals surface area contributed by atoms with Crippen molar-refractivity contribution in [3.05, 3.63) is 106 Å². The first-order chi connectivity index (χ1) is 19.4. The minimum Gasteiger partial charge on any atom is -0.487 e. The molecule has 1 aromatic heterocycles. The Kier molecular flexibility index (Phi) is 8.76. The Morgan fingerprint density at radius 3 is 2.41 bits per heavy atom. The van der Waals surface area contributed by atoms with E-state index in [1.165, 1.54) is 29.2 Å². The summed E-state index contributed by atoms with van der Waals surface area (Å²) in [5.41, 5.74) is 4.85. The molecule has 0 saturated heterocycles. The normalized spacial score (nSPS) is 11.6. The Labute approximate surface area is 236 Å². The number of aromatic nitrogens is 1. The van der Waals surface area contributed by atoms with Crippen molar-refractivity contribution in [2.45, 2.75) is 33.6 Å². The van der Waals surface area contributed by atoms with Gasteiger partial charge in [-0.05, 0) is 79.4 Å². The van der Waals surface area contributed by atoms with E-state index < -0.39 is 17.6 Å². The number of likely N-dealkylation sites (N-methyl/N-ethyl adjacent to an activating group) is 1. The van der Waals surface area contributed by atoms with Crippen LogP contribution in [0, 0.1) is 20.8 Å². The Hall–Kier alpha value is -4.66. The molecular weight excluding hydrogens is 531 g/mol. The molecule has 4 rings (SSSR count). The van der Waals surface area contributed by atoms with Crippen LogP contribution in [0.4, 0.5) is 18.9 Å². The molecule has 212 valence electrons. The highest BCUT2D eigenvalue weighted by Gasteiger charge is 2.29. The van der Waals surface area contributed by atoms with Gasteiger partial charge in [0.1, 0.15) is 17.9 Å². The van der Waals surface area contributed by atoms with Gasteiger partial charge in [-0.25, -0.2) is 4.98 Å². The summed E-state index contributed by atoms with van der Waals surface area (Å²) >= 11 is 0. The SMILES string of the molecule is Cc1ccc2cccc(OCc3c(C)ccc(N(C)C(=O)CNC(=O)C=Cc4ccc(C(F)(F)F)cc4)c3C)c2n1. The zero-order chi connectivity index (χ0) is 29.7. The summed E-state index contributed by atoms with van der Waals surface area (Å²) < 4.78 is 44.3. The van der Waals surface area contributed by atoms with E-state index in [1.807, 2.05) is 63.2 Å². The predicted octanol–water partition coefficient (Wildman–Crippen LogP) is 6.55. The molecule has 0 unspecified atom stereocenters. The number of para-hydroxylation sites is 1. The monoisotopic (exact) mass is 561 g/mol. The maximum atomic E-state index is 12.9. The number of carbonyl (C=O) groups excluding carboxylic acids is 2. The van der Waals surface area contributed by atoms with Gasteiger partial charge in [-0.2, -0.15) is 13.2 Å². The Morgan fingerprint density at radius 2 is 1.71 bits per heavy atom. The highest BCUT2D eigenvalue weighted by molar-refractivity contribution is 5.99. The van der Waals surface area contributed by atoms with Gasteiger partial charge in [-0.15, -0.1) is 0 Å². The van der Waals surface area contributed by atoms with Crippen molar-refractivity contribution in [1.82, 2.24) is 10.3 Å². The van der Waals surface area contributed by atoms with E-state index in [2.05, 4.69) is 10.3 Å². The number of ether oxygens (including phenoxy) is 1. The highest BCUT2D eigenvalue weighted by Crippen LogP contribution is 2.30. The molecule has 0 aliphatic carbocycles. The molecule has 9 heteroatoms. The van der Waals surface area contributed by atoms with Gasteiger partial charge in [0.05, 0.1) is 12.1 Å². The number of alkyl halides is 3. The number of fused-ring (bicyclic) bond motifs is 1. The van der Waals surface area contributed by atoms with E-state index in [0.29, 0.717) is 17.0 Å². The second-order valence-corrected chi connectivity index (χ2v) is 9.70. The van der Waals surface area contributed by atoms with Crippen molar-refractivity contribution in [2.75, 3.05) is 18.5 Å². The summed E-state index contributed by atoms with van der Waals surface area (Å²) in [6.45, 7) is 5.85. The van der Waals surface area contributed by atoms with Crippen LogP contribution < -0.4 is 15.0 Å². The summed E-state index contributed by atoms with van der Waals surface area (Å²) in [5, 5.41) is 3.51. The van der Waals surface area contributed by atoms with Crippen LogP contribution in [0.25, 0.3) is 17.0 Å². The zero-order valence-corrected chi connectivity index (χ0v) is 23.2. The first-order valence-electron chi connectivity index (χ1n) is 12.9. The standard InChI is InChI=1S/C32H30F3N3O3/c1-20-8-16-27(22(3)26(20)19-41-28-7-5-6-24-13-9-21(2)37-31(24)28)38(4)30(40)18-36-29(39)17-12-23-10-14-25(15-11-23)32(33,34)35/h5-17H,18-19H2,1-4H3,(H,36,39). The number of carbonyl (C=O) groups is 2. The number of nitrogens with zero attached hydrogens (tertiary/aromatic N) is 2. The molecule has 0 saturated carbocycles. The average Bonchev–Trinajstić information content (AvgIpc) is 2.94. The van der Waals surface area contributed by atoms with Gasteiger partial charge >= 0.3 is 6.18 Å². The number of pyridine rings is 1. The minimum atomic E-state index is -4.43. The van der Waals surface area contributed by atoms with E-state index in [9.17, 15) is 22.8 Å². The van der Waals surface area contributed by atoms with Crippen molar-refractivity contribution < 1.29 is 27.5 Å². The zero-order valence-electron chi connectivity index (χ0n) is 23.2. The molecule has 0 atom stereocenters. The van der Waals surface area contributed by atoms with Crippen molar-refractivity contribution >= 4 is 34.5 Å². The molecule has 0 radical (unpaired) electrons. The van der Waals surface area contributed by atoms with Crippen molar-refractivity contribution in [1.29, 1.82) is 0 Å². The number of hydrogen-bond acceptors (Lipinski definition) is 4. The van der Waals surface area contributed by atoms with Gasteiger partial charge in [0.2, 0.25) is 11.8 Å². The van der Waals surface area contributed by atoms with E-state index in [0.717, 1.165) is 45.4 Å². The van der Waals surface area contributed by atoms with Crippen LogP contribution in [-0.4, -0.2) is 30.4 Å². The highest BCUT2D eigenvalue weighted by atomic mass is 19.4. The summed E-state index contributed by atoms with van der Waals surface area (Å²) in [7, 11) is 1.63. The molecule has 2 amide bonds. The molecule has 1 N–H and O–H groups in total. The van der Waals surface area contributed by atoms with Crippen LogP contribution in [0.15, 0.2) is 72.8 Å². The first-order valence-corrected chi connectivity index (χ1v) is 12.9. The molecule has 0 aliphatic rings. The second kappa shape index (κ2) is 12.2. The topological polar surface area (TPSA) is 71.5 Å². The third-order valence-electron chi connectivity index (χ3n) is 6.81. The van der Waals surface area contributed by atoms with Gasteiger partial charge in [0.15, 0.2) is 0 Å². The smallest absolute Gasteiger partial charge is 0.416 e. The van der Waals surface area contributed by atoms with Crippen LogP contribution in [0.1, 0.15) is 33.5 Å². The van der Waals surface area contributed by atoms with E-state index >= 15 is 0 Å². The molecular formula is C32H30F3N3O3. The largest absolute Gasteiger partial charge is 0.487 e. The quantitative estimate of drug-likeness (QED) is 0.248. The fourth-order valence-corrected chi connectivity index (χ4v) is 4.38. The van der Waals surface area contributed by atoms with Crippen molar-refractivity contribution in [3.63, 3.8) is 0 Å². The summed E-state index contributed by atoms with van der Waals surface area (Å²) in [4.78, 5) is 31.2. The summed E-state index contributed by atoms with van der Waals surface area (Å²) in [6, 6.07) is 17.9. The van der Waals surface area contributed by atoms with Gasteiger partial charge in [-0.3, -0.25) is 9.59 Å². The van der Waals surface area contributed by atoms with Crippen LogP contribution >= 0.6 is 0 Å². The Balaban J connectivity index is 1.39. The van der Waals surface area contributed by atoms with Crippen LogP contribution in [-0.2, 0) is 22.4 Å². The summed E-state index contributed by atoms with van der Waals surface area (Å²) in [6.07, 6.45) is -1.87. The lowest BCUT2D eigenvalue weighted by atomic mass is 10.0. The molecule has 6 nitrogen and oxygen atoms in total. The molecule has 3 aromatic carbocycles. The third kappa shape index (κ3) is 7.11. The number of rotatable bonds is 8. The van der Waals surface area contributed by atoms with Crippen molar-refractivity contribution in [2.24, 2.45) is 0 Å². The number of aryl methyl sites for hydroxylation is 2. The minimum absolute atomic E-state index is 0.257. The fourth-order valence-electron chi connectivity index (χ4n) is 4.38. The van der Waals surface area contributed by atoms with Gasteiger partial charge in [0, 0.05) is 29.9 Å². The summed E-state index contributed by atoms with van der Waals surface area (Å²) in [5.74, 6) is -0.207. The average molecular weight is 562 g/mol. The number of amides is 2. The lowest BCUT2D eigenvalue weighted by Gasteiger charge is -2.23. The maximum Gasteiger partial charge on any atom is 0.416 e. The molecule has 41 heavy (non-hydrogen) atoms. The maximum absolute atomic E-state index is 12.9. The molecule has 0 fully saturated rings. The molecule has 0 bridgehead atoms. The number of hydrogen-bond donors (Lipinski definition) is 1. The second-order valence-electron chi connectivity index (χ2n) is 9.70. The molecule has 0 spiro atoms. The molecule has 0 aliphatic heterocycles. The number of nitrogens with one attached hydrogen (secondary N) is 1. The van der Waals surface area contributed by atoms with Crippen LogP contribution in [0.2, 0.25) is 0 Å². The van der Waals surface area contributed by atoms with Gasteiger partial charge < -0.3 is 15.0 Å². The fraction of sp³-hybridized carbons (Fsp3) is 0.219. The van der Waals surface area contributed by atoms with E-state index in [1.54, 1.807) is 7.05 Å². The molecule has 4 aromatic rings. The van der Waals surface area contributed by atoms with E-state index in [4.69, 9.17) is 4.74 Å². The number of anilines is 1. The first kappa shape index (κ1) is 29.3. The molecule has 1 heterocycles. The van der Waals surface area contributed by atoms with E-state index in [-0.39, 0.29) is 19.1 Å². The predicted molar refractivity (Wildman–Crippen MR) is 154 cm³/mol. The number of benzene rings is 3. The number of halogens is 3. The van der Waals surface area contributed by atoms with Crippen LogP contribution in [0.3, 0.4) is 0 Å². The van der Waals surface area contributed by atoms with Crippen LogP contribution in [0.5, 0.6) is 5.75 Å². The van der Waals surface area contributed by atoms with Crippen molar-refractivity contribution in [3.8, 4) is 5.75 Å². The third-order valence-corrected chi connectivity index (χ3v) is 6.81. The lowest BCUT2D eigenvalue weighted by Crippen LogP contribution is -2.38. The Bertz CT molecular complexity index is 1610. The Morgan fingerprint density at radius 1 is 0.976 bits per heavy atom. The lowest BCUT2D eigenvalue weighted by molar-refractivity contribution is -0.137. The van der Waals surface area contributed by atoms with Gasteiger partial charge in [0.25, 0.3) is 0 Å².